The van der Waals surface area contributed by atoms with Crippen LogP contribution in [0.15, 0.2) is 18.5 Å². The fourth-order valence-electron chi connectivity index (χ4n) is 3.09. The molecule has 1 saturated heterocycles. The van der Waals surface area contributed by atoms with Gasteiger partial charge in [0.2, 0.25) is 5.91 Å². The summed E-state index contributed by atoms with van der Waals surface area (Å²) in [6, 6.07) is 2.90. The minimum Gasteiger partial charge on any atom is -0.337 e. The summed E-state index contributed by atoms with van der Waals surface area (Å²) in [4.78, 5) is 16.8. The molecule has 1 saturated carbocycles. The third kappa shape index (κ3) is 3.20. The Morgan fingerprint density at radius 2 is 2.20 bits per heavy atom. The number of nitrogens with zero attached hydrogens (tertiary/aromatic N) is 4. The van der Waals surface area contributed by atoms with Crippen LogP contribution >= 0.6 is 0 Å². The number of likely N-dealkylation sites (tertiary alicyclic amines) is 1. The highest BCUT2D eigenvalue weighted by Gasteiger charge is 2.31. The Kier molecular flexibility index (Phi) is 4.05. The number of hydrogen-bond donors (Lipinski definition) is 0. The van der Waals surface area contributed by atoms with Crippen molar-refractivity contribution in [2.45, 2.75) is 50.7 Å². The van der Waals surface area contributed by atoms with Crippen LogP contribution in [0.2, 0.25) is 0 Å². The molecule has 3 rings (SSSR count). The second-order valence-electron chi connectivity index (χ2n) is 6.11. The van der Waals surface area contributed by atoms with Crippen LogP contribution in [0.3, 0.4) is 0 Å². The van der Waals surface area contributed by atoms with Gasteiger partial charge in [-0.3, -0.25) is 14.4 Å². The summed E-state index contributed by atoms with van der Waals surface area (Å²) >= 11 is 0. The monoisotopic (exact) mass is 276 g/mol. The Labute approximate surface area is 120 Å². The van der Waals surface area contributed by atoms with Crippen molar-refractivity contribution in [2.75, 3.05) is 20.1 Å². The van der Waals surface area contributed by atoms with E-state index in [-0.39, 0.29) is 5.91 Å². The summed E-state index contributed by atoms with van der Waals surface area (Å²) in [7, 11) is 2.07. The molecule has 0 aromatic carbocycles. The van der Waals surface area contributed by atoms with Crippen molar-refractivity contribution in [2.24, 2.45) is 0 Å². The van der Waals surface area contributed by atoms with E-state index in [0.29, 0.717) is 18.6 Å². The summed E-state index contributed by atoms with van der Waals surface area (Å²) in [6.45, 7) is 2.30. The van der Waals surface area contributed by atoms with Crippen LogP contribution < -0.4 is 0 Å². The molecule has 5 heteroatoms. The maximum Gasteiger partial charge on any atom is 0.237 e. The Bertz CT molecular complexity index is 441. The quantitative estimate of drug-likeness (QED) is 0.815. The van der Waals surface area contributed by atoms with Crippen LogP contribution in [0.1, 0.15) is 32.1 Å². The number of rotatable bonds is 5. The van der Waals surface area contributed by atoms with Crippen LogP contribution in [0, 0.1) is 0 Å². The molecule has 1 aromatic rings. The first-order valence-corrected chi connectivity index (χ1v) is 7.71. The van der Waals surface area contributed by atoms with E-state index in [9.17, 15) is 4.79 Å². The van der Waals surface area contributed by atoms with Crippen LogP contribution in [0.25, 0.3) is 0 Å². The first kappa shape index (κ1) is 13.6. The first-order valence-electron chi connectivity index (χ1n) is 7.71. The number of carbonyl (C=O) groups excluding carboxylic acids is 1. The molecule has 2 aliphatic rings. The van der Waals surface area contributed by atoms with Gasteiger partial charge in [-0.25, -0.2) is 0 Å². The predicted molar refractivity (Wildman–Crippen MR) is 77.2 cm³/mol. The average Bonchev–Trinajstić information content (AvgIpc) is 3.18. The molecule has 5 nitrogen and oxygen atoms in total. The molecule has 0 bridgehead atoms. The van der Waals surface area contributed by atoms with Crippen LogP contribution in [0.5, 0.6) is 0 Å². The highest BCUT2D eigenvalue weighted by atomic mass is 16.2. The molecule has 2 heterocycles. The maximum absolute atomic E-state index is 12.5. The highest BCUT2D eigenvalue weighted by Crippen LogP contribution is 2.26. The van der Waals surface area contributed by atoms with Crippen molar-refractivity contribution in [3.05, 3.63) is 18.5 Å². The summed E-state index contributed by atoms with van der Waals surface area (Å²) < 4.78 is 1.95. The molecule has 0 unspecified atom stereocenters. The predicted octanol–water partition coefficient (Wildman–Crippen LogP) is 1.36. The Hall–Kier alpha value is -1.36. The third-order valence-corrected chi connectivity index (χ3v) is 4.46. The van der Waals surface area contributed by atoms with E-state index in [1.54, 1.807) is 6.20 Å². The summed E-state index contributed by atoms with van der Waals surface area (Å²) in [6.07, 6.45) is 9.73. The zero-order valence-corrected chi connectivity index (χ0v) is 12.2. The lowest BCUT2D eigenvalue weighted by Gasteiger charge is -2.36. The smallest absolute Gasteiger partial charge is 0.237 e. The molecule has 0 N–H and O–H groups in total. The Balaban J connectivity index is 1.60. The summed E-state index contributed by atoms with van der Waals surface area (Å²) in [5.41, 5.74) is 0. The number of aromatic nitrogens is 2. The van der Waals surface area contributed by atoms with Gasteiger partial charge in [-0.2, -0.15) is 5.10 Å². The van der Waals surface area contributed by atoms with Gasteiger partial charge < -0.3 is 4.90 Å². The number of amides is 1. The minimum atomic E-state index is 0.288. The molecule has 1 aromatic heterocycles. The van der Waals surface area contributed by atoms with Gasteiger partial charge in [-0.15, -0.1) is 0 Å². The van der Waals surface area contributed by atoms with Crippen molar-refractivity contribution >= 4 is 5.91 Å². The zero-order valence-electron chi connectivity index (χ0n) is 12.2. The number of likely N-dealkylation sites (N-methyl/N-ethyl adjacent to an activating group) is 1. The molecule has 0 radical (unpaired) electrons. The molecular formula is C15H24N4O. The second kappa shape index (κ2) is 5.95. The second-order valence-corrected chi connectivity index (χ2v) is 6.11. The van der Waals surface area contributed by atoms with Crippen molar-refractivity contribution < 1.29 is 4.79 Å². The lowest BCUT2D eigenvalue weighted by atomic mass is 10.0. The largest absolute Gasteiger partial charge is 0.337 e. The van der Waals surface area contributed by atoms with E-state index in [2.05, 4.69) is 21.9 Å². The number of piperidine rings is 1. The lowest BCUT2D eigenvalue weighted by molar-refractivity contribution is -0.136. The molecule has 0 spiro atoms. The topological polar surface area (TPSA) is 41.4 Å². The van der Waals surface area contributed by atoms with E-state index >= 15 is 0 Å². The van der Waals surface area contributed by atoms with Gasteiger partial charge >= 0.3 is 0 Å². The zero-order chi connectivity index (χ0) is 13.9. The van der Waals surface area contributed by atoms with E-state index in [1.807, 2.05) is 16.9 Å². The van der Waals surface area contributed by atoms with Gasteiger partial charge in [-0.1, -0.05) is 0 Å². The number of hydrogen-bond acceptors (Lipinski definition) is 3. The van der Waals surface area contributed by atoms with E-state index in [4.69, 9.17) is 0 Å². The van der Waals surface area contributed by atoms with Crippen molar-refractivity contribution in [1.29, 1.82) is 0 Å². The van der Waals surface area contributed by atoms with Gasteiger partial charge in [0, 0.05) is 25.0 Å². The van der Waals surface area contributed by atoms with Gasteiger partial charge in [0.1, 0.15) is 0 Å². The van der Waals surface area contributed by atoms with Crippen LogP contribution in [-0.4, -0.2) is 57.7 Å². The fourth-order valence-corrected chi connectivity index (χ4v) is 3.09. The normalized spacial score (nSPS) is 23.3. The van der Waals surface area contributed by atoms with Crippen molar-refractivity contribution in [1.82, 2.24) is 19.6 Å². The standard InChI is InChI=1S/C15H24N4O/c1-17(13-6-7-13)12-15(20)19-10-3-2-5-14(19)11-18-9-4-8-16-18/h4,8-9,13-14H,2-3,5-7,10-12H2,1H3/t14-/m1/s1. The minimum absolute atomic E-state index is 0.288. The molecule has 1 aliphatic heterocycles. The Morgan fingerprint density at radius 1 is 1.35 bits per heavy atom. The summed E-state index contributed by atoms with van der Waals surface area (Å²) in [5, 5.41) is 4.27. The van der Waals surface area contributed by atoms with Gasteiger partial charge in [0.15, 0.2) is 0 Å². The van der Waals surface area contributed by atoms with Gasteiger partial charge in [-0.05, 0) is 45.2 Å². The molecular weight excluding hydrogens is 252 g/mol. The average molecular weight is 276 g/mol. The highest BCUT2D eigenvalue weighted by molar-refractivity contribution is 5.78. The van der Waals surface area contributed by atoms with E-state index < -0.39 is 0 Å². The SMILES string of the molecule is CN(CC(=O)N1CCCC[C@@H]1Cn1cccn1)C1CC1. The summed E-state index contributed by atoms with van der Waals surface area (Å²) in [5.74, 6) is 0.288. The van der Waals surface area contributed by atoms with Gasteiger partial charge in [0.05, 0.1) is 19.1 Å². The molecule has 2 fully saturated rings. The first-order chi connectivity index (χ1) is 9.74. The number of carbonyl (C=O) groups is 1. The van der Waals surface area contributed by atoms with Gasteiger partial charge in [0.25, 0.3) is 0 Å². The Morgan fingerprint density at radius 3 is 2.90 bits per heavy atom. The molecule has 1 aliphatic carbocycles. The van der Waals surface area contributed by atoms with Crippen LogP contribution in [-0.2, 0) is 11.3 Å². The maximum atomic E-state index is 12.5. The van der Waals surface area contributed by atoms with Crippen LogP contribution in [0.4, 0.5) is 0 Å². The van der Waals surface area contributed by atoms with Crippen molar-refractivity contribution in [3.63, 3.8) is 0 Å². The lowest BCUT2D eigenvalue weighted by Crippen LogP contribution is -2.49. The third-order valence-electron chi connectivity index (χ3n) is 4.46. The molecule has 1 atom stereocenters. The fraction of sp³-hybridized carbons (Fsp3) is 0.733. The molecule has 110 valence electrons. The van der Waals surface area contributed by atoms with E-state index in [0.717, 1.165) is 25.9 Å². The molecule has 20 heavy (non-hydrogen) atoms. The van der Waals surface area contributed by atoms with E-state index in [1.165, 1.54) is 19.3 Å². The van der Waals surface area contributed by atoms with Crippen molar-refractivity contribution in [3.8, 4) is 0 Å². The molecule has 1 amide bonds.